The van der Waals surface area contributed by atoms with Gasteiger partial charge in [0.25, 0.3) is 0 Å². The number of nitrogens with zero attached hydrogens (tertiary/aromatic N) is 1. The minimum absolute atomic E-state index is 0.0250. The summed E-state index contributed by atoms with van der Waals surface area (Å²) in [7, 11) is 1.94. The summed E-state index contributed by atoms with van der Waals surface area (Å²) in [4.78, 5) is 4.73. The molecule has 2 nitrogen and oxygen atoms in total. The number of nitrogens with one attached hydrogen (secondary N) is 1. The predicted octanol–water partition coefficient (Wildman–Crippen LogP) is 4.54. The summed E-state index contributed by atoms with van der Waals surface area (Å²) in [6.07, 6.45) is 0. The second kappa shape index (κ2) is 4.43. The van der Waals surface area contributed by atoms with Crippen LogP contribution < -0.4 is 5.32 Å². The van der Waals surface area contributed by atoms with Gasteiger partial charge in [0.1, 0.15) is 0 Å². The first-order valence-corrected chi connectivity index (χ1v) is 6.50. The van der Waals surface area contributed by atoms with Crippen LogP contribution in [0.15, 0.2) is 18.2 Å². The average molecular weight is 263 g/mol. The van der Waals surface area contributed by atoms with Gasteiger partial charge < -0.3 is 5.32 Å². The molecule has 0 spiro atoms. The maximum atomic E-state index is 6.19. The highest BCUT2D eigenvalue weighted by Gasteiger charge is 2.18. The number of aromatic nitrogens is 1. The van der Waals surface area contributed by atoms with E-state index in [2.05, 4.69) is 38.2 Å². The lowest BCUT2D eigenvalue weighted by Gasteiger charge is -2.20. The van der Waals surface area contributed by atoms with E-state index >= 15 is 0 Å². The zero-order valence-electron chi connectivity index (χ0n) is 11.6. The Morgan fingerprint density at radius 3 is 2.39 bits per heavy atom. The lowest BCUT2D eigenvalue weighted by atomic mass is 9.90. The predicted molar refractivity (Wildman–Crippen MR) is 79.7 cm³/mol. The Balaban J connectivity index is 2.80. The van der Waals surface area contributed by atoms with Crippen molar-refractivity contribution < 1.29 is 0 Å². The SMILES string of the molecule is CNc1cc(C(C)(C)C)nc2cc(Cl)c(C)cc12. The summed E-state index contributed by atoms with van der Waals surface area (Å²) in [5.74, 6) is 0. The van der Waals surface area contributed by atoms with Crippen molar-refractivity contribution in [1.29, 1.82) is 0 Å². The minimum atomic E-state index is 0.0250. The monoisotopic (exact) mass is 262 g/mol. The minimum Gasteiger partial charge on any atom is -0.388 e. The summed E-state index contributed by atoms with van der Waals surface area (Å²) in [5.41, 5.74) is 4.22. The van der Waals surface area contributed by atoms with Crippen molar-refractivity contribution in [2.24, 2.45) is 0 Å². The van der Waals surface area contributed by atoms with Gasteiger partial charge in [-0.25, -0.2) is 0 Å². The fourth-order valence-electron chi connectivity index (χ4n) is 1.95. The molecule has 1 aromatic carbocycles. The number of pyridine rings is 1. The number of rotatable bonds is 1. The highest BCUT2D eigenvalue weighted by molar-refractivity contribution is 6.32. The molecular weight excluding hydrogens is 244 g/mol. The van der Waals surface area contributed by atoms with Gasteiger partial charge in [0.2, 0.25) is 0 Å². The van der Waals surface area contributed by atoms with Crippen LogP contribution in [-0.4, -0.2) is 12.0 Å². The molecule has 2 rings (SSSR count). The van der Waals surface area contributed by atoms with Crippen LogP contribution in [0, 0.1) is 6.92 Å². The maximum Gasteiger partial charge on any atom is 0.0741 e. The molecule has 0 fully saturated rings. The molecule has 18 heavy (non-hydrogen) atoms. The quantitative estimate of drug-likeness (QED) is 0.816. The zero-order valence-corrected chi connectivity index (χ0v) is 12.3. The number of benzene rings is 1. The second-order valence-electron chi connectivity index (χ2n) is 5.67. The van der Waals surface area contributed by atoms with Gasteiger partial charge in [0.15, 0.2) is 0 Å². The van der Waals surface area contributed by atoms with E-state index in [1.807, 2.05) is 20.0 Å². The molecule has 3 heteroatoms. The van der Waals surface area contributed by atoms with Gasteiger partial charge in [0.05, 0.1) is 5.52 Å². The van der Waals surface area contributed by atoms with Crippen LogP contribution in [-0.2, 0) is 5.41 Å². The molecule has 96 valence electrons. The summed E-state index contributed by atoms with van der Waals surface area (Å²) < 4.78 is 0. The Bertz CT molecular complexity index is 597. The lowest BCUT2D eigenvalue weighted by Crippen LogP contribution is -2.14. The maximum absolute atomic E-state index is 6.19. The molecular formula is C15H19ClN2. The summed E-state index contributed by atoms with van der Waals surface area (Å²) in [6, 6.07) is 6.15. The Labute approximate surface area is 113 Å². The van der Waals surface area contributed by atoms with Crippen molar-refractivity contribution in [1.82, 2.24) is 4.98 Å². The van der Waals surface area contributed by atoms with Crippen molar-refractivity contribution in [2.45, 2.75) is 33.1 Å². The van der Waals surface area contributed by atoms with Gasteiger partial charge in [-0.15, -0.1) is 0 Å². The molecule has 0 atom stereocenters. The van der Waals surface area contributed by atoms with Crippen molar-refractivity contribution in [3.8, 4) is 0 Å². The number of aryl methyl sites for hydroxylation is 1. The number of hydrogen-bond acceptors (Lipinski definition) is 2. The Hall–Kier alpha value is -1.28. The fraction of sp³-hybridized carbons (Fsp3) is 0.400. The fourth-order valence-corrected chi connectivity index (χ4v) is 2.10. The first kappa shape index (κ1) is 13.2. The van der Waals surface area contributed by atoms with Crippen LogP contribution in [0.5, 0.6) is 0 Å². The lowest BCUT2D eigenvalue weighted by molar-refractivity contribution is 0.572. The number of halogens is 1. The number of anilines is 1. The summed E-state index contributed by atoms with van der Waals surface area (Å²) >= 11 is 6.19. The van der Waals surface area contributed by atoms with E-state index < -0.39 is 0 Å². The van der Waals surface area contributed by atoms with Crippen molar-refractivity contribution in [3.63, 3.8) is 0 Å². The summed E-state index contributed by atoms with van der Waals surface area (Å²) in [5, 5.41) is 5.13. The Kier molecular flexibility index (Phi) is 3.24. The van der Waals surface area contributed by atoms with E-state index in [0.29, 0.717) is 0 Å². The van der Waals surface area contributed by atoms with Crippen LogP contribution >= 0.6 is 11.6 Å². The van der Waals surface area contributed by atoms with E-state index in [1.165, 1.54) is 0 Å². The average Bonchev–Trinajstić information content (AvgIpc) is 2.28. The van der Waals surface area contributed by atoms with Crippen LogP contribution in [0.1, 0.15) is 32.0 Å². The molecule has 0 bridgehead atoms. The molecule has 1 heterocycles. The number of hydrogen-bond donors (Lipinski definition) is 1. The largest absolute Gasteiger partial charge is 0.388 e. The first-order chi connectivity index (χ1) is 8.32. The molecule has 0 radical (unpaired) electrons. The van der Waals surface area contributed by atoms with Gasteiger partial charge in [-0.2, -0.15) is 0 Å². The third-order valence-electron chi connectivity index (χ3n) is 3.13. The molecule has 0 saturated carbocycles. The normalized spacial score (nSPS) is 11.9. The van der Waals surface area contributed by atoms with Gasteiger partial charge >= 0.3 is 0 Å². The molecule has 0 unspecified atom stereocenters. The van der Waals surface area contributed by atoms with Crippen LogP contribution in [0.2, 0.25) is 5.02 Å². The first-order valence-electron chi connectivity index (χ1n) is 6.12. The zero-order chi connectivity index (χ0) is 13.5. The van der Waals surface area contributed by atoms with Crippen LogP contribution in [0.3, 0.4) is 0 Å². The van der Waals surface area contributed by atoms with E-state index in [0.717, 1.165) is 32.9 Å². The standard InChI is InChI=1S/C15H19ClN2/c1-9-6-10-12(17-5)8-14(15(2,3)4)18-13(10)7-11(9)16/h6-8H,1-5H3,(H,17,18). The smallest absolute Gasteiger partial charge is 0.0741 e. The molecule has 0 aliphatic heterocycles. The van der Waals surface area contributed by atoms with E-state index in [1.54, 1.807) is 0 Å². The highest BCUT2D eigenvalue weighted by atomic mass is 35.5. The van der Waals surface area contributed by atoms with Gasteiger partial charge in [0, 0.05) is 34.3 Å². The summed E-state index contributed by atoms with van der Waals surface area (Å²) in [6.45, 7) is 8.50. The third kappa shape index (κ3) is 2.30. The molecule has 2 aromatic rings. The molecule has 0 amide bonds. The third-order valence-corrected chi connectivity index (χ3v) is 3.53. The van der Waals surface area contributed by atoms with Gasteiger partial charge in [-0.05, 0) is 30.7 Å². The van der Waals surface area contributed by atoms with Crippen molar-refractivity contribution in [3.05, 3.63) is 34.5 Å². The highest BCUT2D eigenvalue weighted by Crippen LogP contribution is 2.31. The van der Waals surface area contributed by atoms with Crippen LogP contribution in [0.4, 0.5) is 5.69 Å². The van der Waals surface area contributed by atoms with Crippen LogP contribution in [0.25, 0.3) is 10.9 Å². The van der Waals surface area contributed by atoms with Gasteiger partial charge in [-0.3, -0.25) is 4.98 Å². The van der Waals surface area contributed by atoms with E-state index in [-0.39, 0.29) is 5.41 Å². The van der Waals surface area contributed by atoms with E-state index in [9.17, 15) is 0 Å². The van der Waals surface area contributed by atoms with Crippen molar-refractivity contribution >= 4 is 28.2 Å². The molecule has 0 aliphatic rings. The Morgan fingerprint density at radius 1 is 1.17 bits per heavy atom. The van der Waals surface area contributed by atoms with Crippen molar-refractivity contribution in [2.75, 3.05) is 12.4 Å². The Morgan fingerprint density at radius 2 is 1.83 bits per heavy atom. The van der Waals surface area contributed by atoms with E-state index in [4.69, 9.17) is 16.6 Å². The topological polar surface area (TPSA) is 24.9 Å². The molecule has 1 N–H and O–H groups in total. The molecule has 1 aromatic heterocycles. The molecule has 0 aliphatic carbocycles. The second-order valence-corrected chi connectivity index (χ2v) is 6.08. The number of fused-ring (bicyclic) bond motifs is 1. The molecule has 0 saturated heterocycles. The van der Waals surface area contributed by atoms with Gasteiger partial charge in [-0.1, -0.05) is 32.4 Å².